The van der Waals surface area contributed by atoms with E-state index in [0.29, 0.717) is 11.6 Å². The molecule has 1 aliphatic carbocycles. The molecule has 1 aromatic carbocycles. The number of halogens is 3. The summed E-state index contributed by atoms with van der Waals surface area (Å²) in [5.41, 5.74) is 0.392. The van der Waals surface area contributed by atoms with E-state index >= 15 is 0 Å². The number of anilines is 1. The van der Waals surface area contributed by atoms with Gasteiger partial charge in [0.05, 0.1) is 6.54 Å². The van der Waals surface area contributed by atoms with Crippen LogP contribution in [0.5, 0.6) is 11.5 Å². The van der Waals surface area contributed by atoms with Crippen LogP contribution in [0.4, 0.5) is 14.5 Å². The average Bonchev–Trinajstić information content (AvgIpc) is 3.10. The SMILES string of the molecule is Cl.O=C(CNCC1CC1)Nc1ccc2c(c1)OC(F)(F)O2. The summed E-state index contributed by atoms with van der Waals surface area (Å²) in [6.45, 7) is 1.03. The lowest BCUT2D eigenvalue weighted by Crippen LogP contribution is -2.29. The molecule has 8 heteroatoms. The van der Waals surface area contributed by atoms with Crippen molar-refractivity contribution in [2.24, 2.45) is 5.92 Å². The maximum absolute atomic E-state index is 12.8. The van der Waals surface area contributed by atoms with Gasteiger partial charge in [0, 0.05) is 11.8 Å². The Balaban J connectivity index is 0.00000161. The zero-order valence-corrected chi connectivity index (χ0v) is 11.8. The molecule has 1 saturated carbocycles. The van der Waals surface area contributed by atoms with Crippen LogP contribution in [0.2, 0.25) is 0 Å². The number of carbonyl (C=O) groups excluding carboxylic acids is 1. The summed E-state index contributed by atoms with van der Waals surface area (Å²) < 4.78 is 34.3. The predicted octanol–water partition coefficient (Wildman–Crippen LogP) is 2.37. The first-order valence-corrected chi connectivity index (χ1v) is 6.42. The van der Waals surface area contributed by atoms with E-state index in [4.69, 9.17) is 0 Å². The number of alkyl halides is 2. The number of benzene rings is 1. The van der Waals surface area contributed by atoms with Gasteiger partial charge in [-0.25, -0.2) is 0 Å². The number of ether oxygens (including phenoxy) is 2. The zero-order chi connectivity index (χ0) is 14.2. The van der Waals surface area contributed by atoms with E-state index in [1.54, 1.807) is 0 Å². The van der Waals surface area contributed by atoms with Crippen LogP contribution in [0.3, 0.4) is 0 Å². The van der Waals surface area contributed by atoms with Gasteiger partial charge in [-0.2, -0.15) is 0 Å². The Hall–Kier alpha value is -1.60. The highest BCUT2D eigenvalue weighted by Crippen LogP contribution is 2.42. The van der Waals surface area contributed by atoms with Gasteiger partial charge in [-0.15, -0.1) is 21.2 Å². The van der Waals surface area contributed by atoms with Gasteiger partial charge in [0.2, 0.25) is 5.91 Å². The lowest BCUT2D eigenvalue weighted by atomic mass is 10.3. The molecule has 21 heavy (non-hydrogen) atoms. The van der Waals surface area contributed by atoms with Crippen molar-refractivity contribution in [3.8, 4) is 11.5 Å². The maximum Gasteiger partial charge on any atom is 0.586 e. The molecule has 0 atom stereocenters. The van der Waals surface area contributed by atoms with E-state index in [1.165, 1.54) is 31.0 Å². The minimum Gasteiger partial charge on any atom is -0.395 e. The van der Waals surface area contributed by atoms with Crippen LogP contribution >= 0.6 is 12.4 Å². The van der Waals surface area contributed by atoms with E-state index < -0.39 is 6.29 Å². The highest BCUT2D eigenvalue weighted by Gasteiger charge is 2.43. The first-order chi connectivity index (χ1) is 9.52. The fraction of sp³-hybridized carbons (Fsp3) is 0.462. The monoisotopic (exact) mass is 320 g/mol. The molecule has 0 saturated heterocycles. The molecule has 5 nitrogen and oxygen atoms in total. The molecule has 1 aromatic rings. The molecule has 1 fully saturated rings. The van der Waals surface area contributed by atoms with Crippen molar-refractivity contribution in [2.45, 2.75) is 19.1 Å². The van der Waals surface area contributed by atoms with Crippen molar-refractivity contribution in [3.63, 3.8) is 0 Å². The lowest BCUT2D eigenvalue weighted by molar-refractivity contribution is -0.286. The fourth-order valence-corrected chi connectivity index (χ4v) is 1.94. The van der Waals surface area contributed by atoms with Crippen LogP contribution in [-0.4, -0.2) is 25.3 Å². The van der Waals surface area contributed by atoms with Crippen molar-refractivity contribution < 1.29 is 23.0 Å². The number of hydrogen-bond acceptors (Lipinski definition) is 4. The normalized spacial score (nSPS) is 18.0. The number of nitrogens with one attached hydrogen (secondary N) is 2. The minimum atomic E-state index is -3.64. The third-order valence-corrected chi connectivity index (χ3v) is 3.10. The second-order valence-electron chi connectivity index (χ2n) is 4.95. The summed E-state index contributed by atoms with van der Waals surface area (Å²) in [5, 5.41) is 5.66. The van der Waals surface area contributed by atoms with Gasteiger partial charge in [0.25, 0.3) is 0 Å². The summed E-state index contributed by atoms with van der Waals surface area (Å²) in [6.07, 6.45) is -1.22. The zero-order valence-electron chi connectivity index (χ0n) is 11.0. The lowest BCUT2D eigenvalue weighted by Gasteiger charge is -2.07. The number of fused-ring (bicyclic) bond motifs is 1. The van der Waals surface area contributed by atoms with E-state index in [2.05, 4.69) is 20.1 Å². The van der Waals surface area contributed by atoms with Gasteiger partial charge in [0.1, 0.15) is 0 Å². The Labute approximate surface area is 126 Å². The number of rotatable bonds is 5. The first-order valence-electron chi connectivity index (χ1n) is 6.42. The first kappa shape index (κ1) is 15.8. The summed E-state index contributed by atoms with van der Waals surface area (Å²) >= 11 is 0. The smallest absolute Gasteiger partial charge is 0.395 e. The van der Waals surface area contributed by atoms with Crippen LogP contribution in [0.1, 0.15) is 12.8 Å². The summed E-state index contributed by atoms with van der Waals surface area (Å²) in [7, 11) is 0. The highest BCUT2D eigenvalue weighted by molar-refractivity contribution is 5.92. The molecule has 0 spiro atoms. The summed E-state index contributed by atoms with van der Waals surface area (Å²) in [5.74, 6) is 0.338. The van der Waals surface area contributed by atoms with Gasteiger partial charge in [0.15, 0.2) is 11.5 Å². The Bertz CT molecular complexity index is 538. The molecule has 1 heterocycles. The third-order valence-electron chi connectivity index (χ3n) is 3.10. The summed E-state index contributed by atoms with van der Waals surface area (Å²) in [4.78, 5) is 11.6. The quantitative estimate of drug-likeness (QED) is 0.874. The molecular formula is C13H15ClF2N2O3. The van der Waals surface area contributed by atoms with Gasteiger partial charge in [-0.1, -0.05) is 0 Å². The van der Waals surface area contributed by atoms with Crippen molar-refractivity contribution in [1.29, 1.82) is 0 Å². The molecule has 0 bridgehead atoms. The maximum atomic E-state index is 12.8. The molecule has 3 rings (SSSR count). The number of carbonyl (C=O) groups is 1. The molecule has 2 N–H and O–H groups in total. The molecular weight excluding hydrogens is 306 g/mol. The molecule has 0 radical (unpaired) electrons. The second-order valence-corrected chi connectivity index (χ2v) is 4.95. The van der Waals surface area contributed by atoms with Gasteiger partial charge < -0.3 is 20.1 Å². The van der Waals surface area contributed by atoms with Crippen LogP contribution < -0.4 is 20.1 Å². The van der Waals surface area contributed by atoms with Gasteiger partial charge in [-0.05, 0) is 37.4 Å². The number of amides is 1. The average molecular weight is 321 g/mol. The van der Waals surface area contributed by atoms with E-state index in [1.807, 2.05) is 0 Å². The van der Waals surface area contributed by atoms with E-state index in [9.17, 15) is 13.6 Å². The van der Waals surface area contributed by atoms with Crippen LogP contribution in [0, 0.1) is 5.92 Å². The predicted molar refractivity (Wildman–Crippen MR) is 74.1 cm³/mol. The largest absolute Gasteiger partial charge is 0.586 e. The fourth-order valence-electron chi connectivity index (χ4n) is 1.94. The molecule has 0 aromatic heterocycles. The van der Waals surface area contributed by atoms with Crippen molar-refractivity contribution in [1.82, 2.24) is 5.32 Å². The van der Waals surface area contributed by atoms with E-state index in [0.717, 1.165) is 6.54 Å². The van der Waals surface area contributed by atoms with Crippen molar-refractivity contribution >= 4 is 24.0 Å². The third kappa shape index (κ3) is 4.18. The summed E-state index contributed by atoms with van der Waals surface area (Å²) in [6, 6.07) is 4.14. The molecule has 116 valence electrons. The molecule has 1 aliphatic heterocycles. The van der Waals surface area contributed by atoms with E-state index in [-0.39, 0.29) is 36.4 Å². The van der Waals surface area contributed by atoms with Crippen LogP contribution in [0.15, 0.2) is 18.2 Å². The van der Waals surface area contributed by atoms with Crippen LogP contribution in [-0.2, 0) is 4.79 Å². The highest BCUT2D eigenvalue weighted by atomic mass is 35.5. The van der Waals surface area contributed by atoms with Crippen molar-refractivity contribution in [3.05, 3.63) is 18.2 Å². The Morgan fingerprint density at radius 3 is 2.71 bits per heavy atom. The minimum absolute atomic E-state index is 0. The Kier molecular flexibility index (Phi) is 4.53. The van der Waals surface area contributed by atoms with Crippen molar-refractivity contribution in [2.75, 3.05) is 18.4 Å². The molecule has 2 aliphatic rings. The molecule has 1 amide bonds. The van der Waals surface area contributed by atoms with Gasteiger partial charge in [-0.3, -0.25) is 4.79 Å². The van der Waals surface area contributed by atoms with Gasteiger partial charge >= 0.3 is 6.29 Å². The molecule has 0 unspecified atom stereocenters. The second kappa shape index (κ2) is 6.03. The van der Waals surface area contributed by atoms with Crippen LogP contribution in [0.25, 0.3) is 0 Å². The number of hydrogen-bond donors (Lipinski definition) is 2. The Morgan fingerprint density at radius 2 is 2.00 bits per heavy atom. The standard InChI is InChI=1S/C13H14F2N2O3.ClH/c14-13(15)19-10-4-3-9(5-11(10)20-13)17-12(18)7-16-6-8-1-2-8;/h3-5,8,16H,1-2,6-7H2,(H,17,18);1H. The Morgan fingerprint density at radius 1 is 1.29 bits per heavy atom. The topological polar surface area (TPSA) is 59.6 Å².